The van der Waals surface area contributed by atoms with E-state index in [1.165, 1.54) is 66.5 Å². The summed E-state index contributed by atoms with van der Waals surface area (Å²) < 4.78 is 12.1. The number of likely N-dealkylation sites (tertiary alicyclic amines) is 1. The van der Waals surface area contributed by atoms with Gasteiger partial charge in [-0.05, 0) is 120 Å². The van der Waals surface area contributed by atoms with Crippen LogP contribution in [0, 0.1) is 41.4 Å². The van der Waals surface area contributed by atoms with Crippen LogP contribution in [0.25, 0.3) is 0 Å². The van der Waals surface area contributed by atoms with E-state index in [2.05, 4.69) is 31.9 Å². The minimum atomic E-state index is -1.89. The van der Waals surface area contributed by atoms with Gasteiger partial charge in [-0.1, -0.05) is 106 Å². The zero-order valence-electron chi connectivity index (χ0n) is 64.0. The molecule has 5 rings (SSSR count). The number of ether oxygens (including phenoxy) is 2. The lowest BCUT2D eigenvalue weighted by atomic mass is 9.80. The van der Waals surface area contributed by atoms with E-state index in [-0.39, 0.29) is 95.0 Å². The molecule has 15 atom stereocenters. The number of aliphatic hydroxyl groups is 2. The van der Waals surface area contributed by atoms with Gasteiger partial charge in [0, 0.05) is 60.7 Å². The van der Waals surface area contributed by atoms with Gasteiger partial charge in [-0.25, -0.2) is 0 Å². The van der Waals surface area contributed by atoms with Crippen molar-refractivity contribution < 1.29 is 77.2 Å². The first kappa shape index (κ1) is 85.3. The topological polar surface area (TPSA) is 355 Å². The summed E-state index contributed by atoms with van der Waals surface area (Å²) in [4.78, 5) is 195. The van der Waals surface area contributed by atoms with Gasteiger partial charge in [0.05, 0.1) is 43.5 Å². The maximum atomic E-state index is 16.3. The highest BCUT2D eigenvalue weighted by atomic mass is 16.5. The van der Waals surface area contributed by atoms with Crippen molar-refractivity contribution in [2.24, 2.45) is 41.4 Å². The zero-order valence-corrected chi connectivity index (χ0v) is 64.0. The molecular weight excluding hydrogens is 1310 g/mol. The Hall–Kier alpha value is -7.30. The van der Waals surface area contributed by atoms with E-state index in [0.717, 1.165) is 11.3 Å². The van der Waals surface area contributed by atoms with Gasteiger partial charge in [0.25, 0.3) is 0 Å². The molecule has 12 amide bonds. The minimum absolute atomic E-state index is 0.0240. The third-order valence-corrected chi connectivity index (χ3v) is 19.7. The van der Waals surface area contributed by atoms with Crippen molar-refractivity contribution in [2.45, 2.75) is 252 Å². The number of hydrogen-bond donors (Lipinski definition) is 8. The predicted octanol–water partition coefficient (Wildman–Crippen LogP) is 2.14. The van der Waals surface area contributed by atoms with Crippen molar-refractivity contribution in [3.63, 3.8) is 0 Å². The molecule has 4 aliphatic rings. The average molecular weight is 1440 g/mol. The molecule has 574 valence electrons. The number of piperidine rings is 1. The van der Waals surface area contributed by atoms with E-state index in [1.54, 1.807) is 65.0 Å². The Balaban J connectivity index is 1.93. The second kappa shape index (κ2) is 38.5. The summed E-state index contributed by atoms with van der Waals surface area (Å²) in [6, 6.07) is -8.05. The highest BCUT2D eigenvalue weighted by Gasteiger charge is 2.50. The van der Waals surface area contributed by atoms with E-state index in [1.807, 2.05) is 55.4 Å². The summed E-state index contributed by atoms with van der Waals surface area (Å²) in [5.41, 5.74) is -0.245. The Morgan fingerprint density at radius 2 is 1.03 bits per heavy atom. The number of nitrogens with zero attached hydrogens (tertiary/aromatic N) is 6. The van der Waals surface area contributed by atoms with Crippen molar-refractivity contribution in [1.82, 2.24) is 61.3 Å². The van der Waals surface area contributed by atoms with Crippen LogP contribution in [-0.2, 0) is 73.4 Å². The second-order valence-electron chi connectivity index (χ2n) is 31.7. The normalized spacial score (nSPS) is 28.7. The molecule has 0 radical (unpaired) electrons. The summed E-state index contributed by atoms with van der Waals surface area (Å²) in [5.74, 6) is -15.1. The van der Waals surface area contributed by atoms with Crippen LogP contribution in [0.2, 0.25) is 0 Å². The van der Waals surface area contributed by atoms with Gasteiger partial charge in [-0.2, -0.15) is 0 Å². The van der Waals surface area contributed by atoms with Crippen LogP contribution in [0.15, 0.2) is 30.3 Å². The molecular formula is C74H122N12O16. The Bertz CT molecular complexity index is 3040. The fraction of sp³-hybridized carbons (Fsp3) is 0.757. The van der Waals surface area contributed by atoms with Crippen molar-refractivity contribution in [1.29, 1.82) is 0 Å². The number of nitrogens with one attached hydrogen (secondary N) is 6. The second-order valence-corrected chi connectivity index (χ2v) is 31.7. The average Bonchev–Trinajstić information content (AvgIpc) is 1.37. The van der Waals surface area contributed by atoms with Gasteiger partial charge >= 0.3 is 0 Å². The van der Waals surface area contributed by atoms with Gasteiger partial charge in [-0.15, -0.1) is 0 Å². The number of hydrogen-bond acceptors (Lipinski definition) is 16. The first-order chi connectivity index (χ1) is 47.7. The largest absolute Gasteiger partial charge is 0.394 e. The number of rotatable bonds is 18. The maximum Gasteiger partial charge on any atom is 0.248 e. The number of amides is 12. The van der Waals surface area contributed by atoms with Crippen LogP contribution in [0.5, 0.6) is 0 Å². The van der Waals surface area contributed by atoms with Gasteiger partial charge < -0.3 is 81.0 Å². The lowest BCUT2D eigenvalue weighted by molar-refractivity contribution is -0.152. The van der Waals surface area contributed by atoms with Gasteiger partial charge in [0.2, 0.25) is 70.9 Å². The van der Waals surface area contributed by atoms with Crippen LogP contribution >= 0.6 is 0 Å². The third-order valence-electron chi connectivity index (χ3n) is 19.7. The number of fused-ring (bicyclic) bond motifs is 4. The number of likely N-dealkylation sites (N-methyl/N-ethyl adjacent to an activating group) is 4. The fourth-order valence-corrected chi connectivity index (χ4v) is 14.0. The first-order valence-electron chi connectivity index (χ1n) is 36.8. The summed E-state index contributed by atoms with van der Waals surface area (Å²) in [5, 5.41) is 38.8. The summed E-state index contributed by atoms with van der Waals surface area (Å²) in [7, 11) is 5.61. The molecule has 2 bridgehead atoms. The molecule has 4 saturated heterocycles. The molecule has 28 nitrogen and oxygen atoms in total. The van der Waals surface area contributed by atoms with Crippen LogP contribution in [0.1, 0.15) is 167 Å². The Labute approximate surface area is 604 Å². The molecule has 0 spiro atoms. The molecule has 0 aromatic heterocycles. The van der Waals surface area contributed by atoms with Crippen molar-refractivity contribution in [3.8, 4) is 0 Å². The predicted molar refractivity (Wildman–Crippen MR) is 383 cm³/mol. The van der Waals surface area contributed by atoms with Crippen molar-refractivity contribution in [2.75, 3.05) is 67.6 Å². The quantitative estimate of drug-likeness (QED) is 0.104. The zero-order chi connectivity index (χ0) is 76.5. The summed E-state index contributed by atoms with van der Waals surface area (Å²) in [6.45, 7) is 25.1. The highest BCUT2D eigenvalue weighted by Crippen LogP contribution is 2.30. The molecule has 0 aliphatic carbocycles. The molecule has 0 saturated carbocycles. The molecule has 4 aliphatic heterocycles. The molecule has 102 heavy (non-hydrogen) atoms. The molecule has 4 heterocycles. The van der Waals surface area contributed by atoms with E-state index in [4.69, 9.17) is 9.47 Å². The van der Waals surface area contributed by atoms with Crippen LogP contribution in [0.3, 0.4) is 0 Å². The van der Waals surface area contributed by atoms with E-state index in [9.17, 15) is 10.2 Å². The number of aliphatic hydroxyl groups excluding tert-OH is 2. The number of benzene rings is 1. The van der Waals surface area contributed by atoms with Gasteiger partial charge in [0.15, 0.2) is 0 Å². The van der Waals surface area contributed by atoms with Crippen molar-refractivity contribution >= 4 is 70.9 Å². The summed E-state index contributed by atoms with van der Waals surface area (Å²) in [6.07, 6.45) is -1.59. The van der Waals surface area contributed by atoms with Crippen LogP contribution in [0.4, 0.5) is 0 Å². The minimum Gasteiger partial charge on any atom is -0.394 e. The Morgan fingerprint density at radius 3 is 1.55 bits per heavy atom. The maximum absolute atomic E-state index is 16.3. The molecule has 1 aromatic rings. The fourth-order valence-electron chi connectivity index (χ4n) is 14.0. The molecule has 4 fully saturated rings. The molecule has 2 unspecified atom stereocenters. The van der Waals surface area contributed by atoms with Gasteiger partial charge in [0.1, 0.15) is 66.5 Å². The third kappa shape index (κ3) is 23.4. The lowest BCUT2D eigenvalue weighted by Gasteiger charge is -2.39. The molecule has 28 heteroatoms. The Morgan fingerprint density at radius 1 is 0.549 bits per heavy atom. The van der Waals surface area contributed by atoms with E-state index >= 15 is 57.5 Å². The molecule has 8 N–H and O–H groups in total. The summed E-state index contributed by atoms with van der Waals surface area (Å²) >= 11 is 0. The van der Waals surface area contributed by atoms with E-state index < -0.39 is 186 Å². The lowest BCUT2D eigenvalue weighted by Crippen LogP contribution is -2.64. The molecule has 1 aromatic carbocycles. The van der Waals surface area contributed by atoms with Crippen molar-refractivity contribution in [3.05, 3.63) is 35.9 Å². The number of carbonyl (C=O) groups excluding carboxylic acids is 12. The SMILES string of the molecule is CC(C)C[C@H]1C(=O)N[C@H](C(=O)N2CCCCC2)C2C(=O)N[C@H](C(C)C)C(=O)N(C)[C@@H](CC(C)C)C(=O)N[C@@H](COC(C)(C)C)C(=O)N(C)[C@@H](CC(C)C)C(=O)N(C)[C@@H](CC(C)C)C(=O)N[C@@H](CC2C)C(=O)N[C@@H]([C@@H](C)O)C(=O)N2C[C@H](OCCO)C[C@H]2C(=O)N[C@@H](Cc2ccccc2)C(=O)N1C. The number of carbonyl (C=O) groups is 12. The van der Waals surface area contributed by atoms with Crippen LogP contribution in [-0.4, -0.2) is 262 Å². The van der Waals surface area contributed by atoms with Crippen LogP contribution < -0.4 is 31.9 Å². The van der Waals surface area contributed by atoms with E-state index in [0.29, 0.717) is 18.4 Å². The monoisotopic (exact) mass is 1430 g/mol. The smallest absolute Gasteiger partial charge is 0.248 e. The Kier molecular flexibility index (Phi) is 32.2. The standard InChI is InChI=1S/C74H122N12O16/c1-41(2)32-53-63(90)75-50-36-46(11)58(67(94)78-59(45(9)10)71(98)83(18)54(33-42(3)4)64(91)77-52(40-102-74(13,14)15)69(96)84(19)57(35-44(7)8)70(97)82(53)17)61(72(99)85-28-24-21-25-29-85)80-65(92)55(34-43(5)6)81(16)68(95)51(37-48-26-22-20-23-27-48)76-66(93)56-38-49(101-31-30-87)39-86(56)73(100)60(47(12)88)79-62(50)89/h20,22-23,26-27,41-47,49-61,87-88H,21,24-25,28-40H2,1-19H3,(H,75,90)(H,76,93)(H,77,91)(H,78,94)(H,79,89)(H,80,92)/t46?,47-,49-,50+,51+,52+,53+,54+,55+,56+,57+,58?,59-,60+,61+/m1/s1. The van der Waals surface area contributed by atoms with Gasteiger partial charge in [-0.3, -0.25) is 57.5 Å². The highest BCUT2D eigenvalue weighted by molar-refractivity contribution is 6.01. The first-order valence-corrected chi connectivity index (χ1v) is 36.8.